The van der Waals surface area contributed by atoms with Crippen LogP contribution in [0.2, 0.25) is 0 Å². The van der Waals surface area contributed by atoms with Crippen LogP contribution in [0.25, 0.3) is 21.9 Å². The van der Waals surface area contributed by atoms with Gasteiger partial charge in [-0.15, -0.1) is 0 Å². The van der Waals surface area contributed by atoms with E-state index in [9.17, 15) is 14.4 Å². The summed E-state index contributed by atoms with van der Waals surface area (Å²) in [6, 6.07) is 25.6. The van der Waals surface area contributed by atoms with Crippen molar-refractivity contribution in [2.45, 2.75) is 31.5 Å². The minimum Gasteiger partial charge on any atom is -0.462 e. The maximum Gasteiger partial charge on any atom is 0.408 e. The number of amides is 2. The van der Waals surface area contributed by atoms with Gasteiger partial charge in [0, 0.05) is 28.9 Å². The largest absolute Gasteiger partial charge is 0.462 e. The molecule has 0 aliphatic carbocycles. The predicted octanol–water partition coefficient (Wildman–Crippen LogP) is 5.10. The quantitative estimate of drug-likeness (QED) is 0.171. The number of likely N-dealkylation sites (N-methyl/N-ethyl adjacent to an activating group) is 1. The normalized spacial score (nSPS) is 13.4. The van der Waals surface area contributed by atoms with Crippen molar-refractivity contribution in [2.24, 2.45) is 0 Å². The molecule has 0 bridgehead atoms. The van der Waals surface area contributed by atoms with Gasteiger partial charge in [-0.25, -0.2) is 4.79 Å². The van der Waals surface area contributed by atoms with Crippen LogP contribution in [0.4, 0.5) is 4.79 Å². The number of aromatic nitrogens is 1. The Morgan fingerprint density at radius 2 is 1.68 bits per heavy atom. The summed E-state index contributed by atoms with van der Waals surface area (Å²) < 4.78 is 16.8. The Balaban J connectivity index is 1.36. The lowest BCUT2D eigenvalue weighted by Gasteiger charge is -2.31. The highest BCUT2D eigenvalue weighted by molar-refractivity contribution is 5.92. The van der Waals surface area contributed by atoms with Crippen LogP contribution in [0.3, 0.4) is 0 Å². The predicted molar refractivity (Wildman–Crippen MR) is 167 cm³/mol. The van der Waals surface area contributed by atoms with Gasteiger partial charge in [-0.05, 0) is 50.3 Å². The molecule has 228 valence electrons. The number of carbonyl (C=O) groups excluding carboxylic acids is 3. The van der Waals surface area contributed by atoms with Gasteiger partial charge in [0.1, 0.15) is 23.5 Å². The van der Waals surface area contributed by atoms with Gasteiger partial charge in [-0.1, -0.05) is 66.7 Å². The molecule has 2 heterocycles. The first kappa shape index (κ1) is 30.4. The highest BCUT2D eigenvalue weighted by Gasteiger charge is 2.38. The second kappa shape index (κ2) is 13.5. The van der Waals surface area contributed by atoms with Gasteiger partial charge in [0.25, 0.3) is 0 Å². The molecule has 10 heteroatoms. The van der Waals surface area contributed by atoms with E-state index in [1.807, 2.05) is 91.1 Å². The van der Waals surface area contributed by atoms with Gasteiger partial charge < -0.3 is 29.5 Å². The lowest BCUT2D eigenvalue weighted by molar-refractivity contribution is -0.146. The third-order valence-corrected chi connectivity index (χ3v) is 7.28. The Morgan fingerprint density at radius 3 is 2.45 bits per heavy atom. The Bertz CT molecular complexity index is 1710. The lowest BCUT2D eigenvalue weighted by Crippen LogP contribution is -2.59. The van der Waals surface area contributed by atoms with E-state index in [2.05, 4.69) is 15.6 Å². The maximum atomic E-state index is 14.1. The van der Waals surface area contributed by atoms with Gasteiger partial charge in [0.2, 0.25) is 5.91 Å². The number of H-pyrrole nitrogens is 1. The standard InChI is InChI=1S/C34H36N4O6/c1-34(18-25-19-35-28-15-9-8-14-27(25)28,37-33(41)43-21-26-17-24-13-7-10-16-30(24)44-26)32(40)36-29(23-11-5-4-6-12-23)22-42-31(39)20-38(2)3/h4-17,19,29,35H,18,20-22H2,1-3H3,(H,36,40)(H,37,41)/t29-,34+/m0/s1. The van der Waals surface area contributed by atoms with E-state index in [0.29, 0.717) is 11.3 Å². The molecule has 2 aromatic heterocycles. The highest BCUT2D eigenvalue weighted by atomic mass is 16.6. The lowest BCUT2D eigenvalue weighted by atomic mass is 9.91. The minimum atomic E-state index is -1.45. The van der Waals surface area contributed by atoms with E-state index in [4.69, 9.17) is 13.9 Å². The van der Waals surface area contributed by atoms with Gasteiger partial charge in [-0.3, -0.25) is 14.5 Å². The second-order valence-corrected chi connectivity index (χ2v) is 11.2. The molecule has 0 saturated carbocycles. The first-order valence-electron chi connectivity index (χ1n) is 14.3. The van der Waals surface area contributed by atoms with Crippen molar-refractivity contribution >= 4 is 39.8 Å². The molecule has 0 spiro atoms. The van der Waals surface area contributed by atoms with Crippen molar-refractivity contribution in [3.05, 3.63) is 108 Å². The smallest absolute Gasteiger partial charge is 0.408 e. The number of fused-ring (bicyclic) bond motifs is 2. The number of rotatable bonds is 12. The van der Waals surface area contributed by atoms with E-state index >= 15 is 0 Å². The third-order valence-electron chi connectivity index (χ3n) is 7.28. The highest BCUT2D eigenvalue weighted by Crippen LogP contribution is 2.25. The summed E-state index contributed by atoms with van der Waals surface area (Å²) in [4.78, 5) is 44.6. The summed E-state index contributed by atoms with van der Waals surface area (Å²) in [6.07, 6.45) is 1.21. The number of ether oxygens (including phenoxy) is 2. The number of carbonyl (C=O) groups is 3. The number of aromatic amines is 1. The second-order valence-electron chi connectivity index (χ2n) is 11.2. The van der Waals surface area contributed by atoms with Crippen LogP contribution in [0.5, 0.6) is 0 Å². The number of alkyl carbamates (subject to hydrolysis) is 1. The van der Waals surface area contributed by atoms with Crippen LogP contribution in [0.15, 0.2) is 95.5 Å². The molecule has 3 N–H and O–H groups in total. The molecule has 0 aliphatic heterocycles. The summed E-state index contributed by atoms with van der Waals surface area (Å²) in [5.41, 5.74) is 1.74. The number of hydrogen-bond donors (Lipinski definition) is 3. The van der Waals surface area contributed by atoms with E-state index < -0.39 is 29.6 Å². The maximum absolute atomic E-state index is 14.1. The molecule has 44 heavy (non-hydrogen) atoms. The zero-order chi connectivity index (χ0) is 31.1. The molecule has 0 aliphatic rings. The molecule has 2 atom stereocenters. The van der Waals surface area contributed by atoms with E-state index in [1.54, 1.807) is 25.9 Å². The Labute approximate surface area is 255 Å². The summed E-state index contributed by atoms with van der Waals surface area (Å²) in [6.45, 7) is 1.56. The number of nitrogens with zero attached hydrogens (tertiary/aromatic N) is 1. The molecule has 5 aromatic rings. The fourth-order valence-corrected chi connectivity index (χ4v) is 5.05. The van der Waals surface area contributed by atoms with E-state index in [1.165, 1.54) is 0 Å². The average Bonchev–Trinajstić information content (AvgIpc) is 3.62. The first-order valence-corrected chi connectivity index (χ1v) is 14.3. The number of esters is 1. The first-order chi connectivity index (χ1) is 21.2. The molecule has 2 amide bonds. The van der Waals surface area contributed by atoms with Crippen molar-refractivity contribution in [1.29, 1.82) is 0 Å². The van der Waals surface area contributed by atoms with Crippen LogP contribution in [0, 0.1) is 0 Å². The number of benzene rings is 3. The molecule has 3 aromatic carbocycles. The van der Waals surface area contributed by atoms with Crippen LogP contribution in [-0.4, -0.2) is 60.6 Å². The van der Waals surface area contributed by atoms with Gasteiger partial charge in [-0.2, -0.15) is 0 Å². The average molecular weight is 597 g/mol. The number of hydrogen-bond acceptors (Lipinski definition) is 7. The van der Waals surface area contributed by atoms with Gasteiger partial charge in [0.15, 0.2) is 6.61 Å². The molecule has 0 fully saturated rings. The fourth-order valence-electron chi connectivity index (χ4n) is 5.05. The van der Waals surface area contributed by atoms with Crippen LogP contribution >= 0.6 is 0 Å². The van der Waals surface area contributed by atoms with Crippen LogP contribution < -0.4 is 10.6 Å². The Hall–Kier alpha value is -5.09. The molecule has 0 radical (unpaired) electrons. The van der Waals surface area contributed by atoms with Crippen LogP contribution in [0.1, 0.15) is 29.9 Å². The molecule has 0 unspecified atom stereocenters. The summed E-state index contributed by atoms with van der Waals surface area (Å²) in [7, 11) is 3.54. The molecular formula is C34H36N4O6. The summed E-state index contributed by atoms with van der Waals surface area (Å²) in [5.74, 6) is -0.409. The van der Waals surface area contributed by atoms with E-state index in [-0.39, 0.29) is 26.2 Å². The van der Waals surface area contributed by atoms with Crippen molar-refractivity contribution in [3.8, 4) is 0 Å². The monoisotopic (exact) mass is 596 g/mol. The molecule has 0 saturated heterocycles. The molecular weight excluding hydrogens is 560 g/mol. The zero-order valence-electron chi connectivity index (χ0n) is 25.0. The third kappa shape index (κ3) is 7.45. The SMILES string of the molecule is CN(C)CC(=O)OC[C@H](NC(=O)[C@@](C)(Cc1c[nH]c2ccccc12)NC(=O)OCc1cc2ccccc2o1)c1ccccc1. The van der Waals surface area contributed by atoms with Crippen molar-refractivity contribution in [1.82, 2.24) is 20.5 Å². The number of para-hydroxylation sites is 2. The summed E-state index contributed by atoms with van der Waals surface area (Å²) in [5, 5.41) is 7.64. The minimum absolute atomic E-state index is 0.0813. The Kier molecular flexibility index (Phi) is 9.30. The molecule has 10 nitrogen and oxygen atoms in total. The number of furan rings is 1. The fraction of sp³-hybridized carbons (Fsp3) is 0.265. The van der Waals surface area contributed by atoms with E-state index in [0.717, 1.165) is 27.4 Å². The summed E-state index contributed by atoms with van der Waals surface area (Å²) >= 11 is 0. The topological polar surface area (TPSA) is 126 Å². The number of nitrogens with one attached hydrogen (secondary N) is 3. The van der Waals surface area contributed by atoms with Crippen LogP contribution in [-0.2, 0) is 32.1 Å². The van der Waals surface area contributed by atoms with Crippen molar-refractivity contribution in [2.75, 3.05) is 27.2 Å². The Morgan fingerprint density at radius 1 is 0.955 bits per heavy atom. The van der Waals surface area contributed by atoms with Crippen molar-refractivity contribution < 1.29 is 28.3 Å². The van der Waals surface area contributed by atoms with Gasteiger partial charge >= 0.3 is 12.1 Å². The van der Waals surface area contributed by atoms with Gasteiger partial charge in [0.05, 0.1) is 12.6 Å². The zero-order valence-corrected chi connectivity index (χ0v) is 25.0. The molecule has 5 rings (SSSR count). The van der Waals surface area contributed by atoms with Crippen molar-refractivity contribution in [3.63, 3.8) is 0 Å².